The van der Waals surface area contributed by atoms with Crippen molar-refractivity contribution < 1.29 is 4.79 Å². The minimum Gasteiger partial charge on any atom is -0.357 e. The van der Waals surface area contributed by atoms with Gasteiger partial charge in [0.15, 0.2) is 5.78 Å². The zero-order chi connectivity index (χ0) is 12.3. The molecule has 2 nitrogen and oxygen atoms in total. The SMILES string of the molecule is CN1C=CC(=C/C=C2/C=C(Cl)C=CC2=O)C=C1. The standard InChI is InChI=1S/C14H12ClNO/c1-16-8-6-11(7-9-16)2-3-12-10-13(15)4-5-14(12)17/h2-10H,1H3/b12-3-. The summed E-state index contributed by atoms with van der Waals surface area (Å²) in [6.07, 6.45) is 16.3. The topological polar surface area (TPSA) is 20.3 Å². The Bertz CT molecular complexity index is 502. The van der Waals surface area contributed by atoms with Gasteiger partial charge in [0, 0.05) is 30.1 Å². The normalized spacial score (nSPS) is 21.2. The zero-order valence-corrected chi connectivity index (χ0v) is 10.2. The summed E-state index contributed by atoms with van der Waals surface area (Å²) in [5, 5.41) is 0.573. The molecule has 0 saturated heterocycles. The summed E-state index contributed by atoms with van der Waals surface area (Å²) >= 11 is 5.84. The van der Waals surface area contributed by atoms with E-state index in [1.165, 1.54) is 6.08 Å². The molecule has 0 spiro atoms. The molecule has 0 unspecified atom stereocenters. The van der Waals surface area contributed by atoms with Crippen molar-refractivity contribution in [2.45, 2.75) is 0 Å². The molecular weight excluding hydrogens is 234 g/mol. The number of rotatable bonds is 1. The number of nitrogens with zero attached hydrogens (tertiary/aromatic N) is 1. The number of ketones is 1. The van der Waals surface area contributed by atoms with Crippen molar-refractivity contribution in [2.75, 3.05) is 7.05 Å². The van der Waals surface area contributed by atoms with E-state index in [9.17, 15) is 4.79 Å². The highest BCUT2D eigenvalue weighted by molar-refractivity contribution is 6.33. The van der Waals surface area contributed by atoms with Crippen LogP contribution in [0.5, 0.6) is 0 Å². The van der Waals surface area contributed by atoms with Crippen molar-refractivity contribution in [1.82, 2.24) is 4.90 Å². The molecule has 2 aliphatic rings. The summed E-state index contributed by atoms with van der Waals surface area (Å²) in [6.45, 7) is 0. The average molecular weight is 246 g/mol. The molecule has 0 bridgehead atoms. The van der Waals surface area contributed by atoms with E-state index in [1.54, 1.807) is 18.2 Å². The van der Waals surface area contributed by atoms with Crippen LogP contribution in [0.3, 0.4) is 0 Å². The van der Waals surface area contributed by atoms with Crippen LogP contribution in [0, 0.1) is 0 Å². The summed E-state index contributed by atoms with van der Waals surface area (Å²) in [5.41, 5.74) is 1.65. The van der Waals surface area contributed by atoms with Crippen LogP contribution in [0.15, 0.2) is 71.1 Å². The lowest BCUT2D eigenvalue weighted by Gasteiger charge is -2.11. The molecule has 0 aromatic rings. The minimum absolute atomic E-state index is 0.0212. The summed E-state index contributed by atoms with van der Waals surface area (Å²) < 4.78 is 0. The molecule has 17 heavy (non-hydrogen) atoms. The van der Waals surface area contributed by atoms with Gasteiger partial charge >= 0.3 is 0 Å². The van der Waals surface area contributed by atoms with Crippen LogP contribution in [-0.2, 0) is 4.79 Å². The van der Waals surface area contributed by atoms with E-state index in [4.69, 9.17) is 11.6 Å². The van der Waals surface area contributed by atoms with Crippen LogP contribution in [0.25, 0.3) is 0 Å². The average Bonchev–Trinajstić information content (AvgIpc) is 2.32. The zero-order valence-electron chi connectivity index (χ0n) is 9.43. The van der Waals surface area contributed by atoms with Gasteiger partial charge in [0.05, 0.1) is 0 Å². The van der Waals surface area contributed by atoms with Gasteiger partial charge in [-0.15, -0.1) is 0 Å². The summed E-state index contributed by atoms with van der Waals surface area (Å²) in [4.78, 5) is 13.5. The second kappa shape index (κ2) is 5.02. The summed E-state index contributed by atoms with van der Waals surface area (Å²) in [7, 11) is 1.96. The predicted molar refractivity (Wildman–Crippen MR) is 70.3 cm³/mol. The monoisotopic (exact) mass is 245 g/mol. The van der Waals surface area contributed by atoms with E-state index in [0.717, 1.165) is 5.57 Å². The second-order valence-electron chi connectivity index (χ2n) is 3.81. The molecule has 0 amide bonds. The van der Waals surface area contributed by atoms with Crippen LogP contribution in [-0.4, -0.2) is 17.7 Å². The first kappa shape index (κ1) is 11.7. The van der Waals surface area contributed by atoms with Gasteiger partial charge in [0.1, 0.15) is 0 Å². The third-order valence-electron chi connectivity index (χ3n) is 2.43. The summed E-state index contributed by atoms with van der Waals surface area (Å²) in [5.74, 6) is -0.0212. The molecule has 0 radical (unpaired) electrons. The number of carbonyl (C=O) groups is 1. The van der Waals surface area contributed by atoms with Crippen molar-refractivity contribution in [2.24, 2.45) is 0 Å². The van der Waals surface area contributed by atoms with Crippen LogP contribution < -0.4 is 0 Å². The lowest BCUT2D eigenvalue weighted by atomic mass is 10.0. The van der Waals surface area contributed by atoms with Gasteiger partial charge in [0.2, 0.25) is 0 Å². The third-order valence-corrected chi connectivity index (χ3v) is 2.67. The Labute approximate surface area is 106 Å². The molecule has 0 atom stereocenters. The molecule has 86 valence electrons. The maximum absolute atomic E-state index is 11.5. The van der Waals surface area contributed by atoms with E-state index in [-0.39, 0.29) is 5.78 Å². The minimum atomic E-state index is -0.0212. The Morgan fingerprint density at radius 2 is 1.82 bits per heavy atom. The number of halogens is 1. The predicted octanol–water partition coefficient (Wildman–Crippen LogP) is 3.07. The third kappa shape index (κ3) is 3.08. The first-order valence-electron chi connectivity index (χ1n) is 5.25. The molecular formula is C14H12ClNO. The lowest BCUT2D eigenvalue weighted by molar-refractivity contribution is -0.111. The fourth-order valence-electron chi connectivity index (χ4n) is 1.46. The second-order valence-corrected chi connectivity index (χ2v) is 4.25. The number of hydrogen-bond donors (Lipinski definition) is 0. The fraction of sp³-hybridized carbons (Fsp3) is 0.0714. The summed E-state index contributed by atoms with van der Waals surface area (Å²) in [6, 6.07) is 0. The van der Waals surface area contributed by atoms with E-state index < -0.39 is 0 Å². The van der Waals surface area contributed by atoms with Crippen LogP contribution in [0.4, 0.5) is 0 Å². The molecule has 0 aromatic heterocycles. The van der Waals surface area contributed by atoms with E-state index in [2.05, 4.69) is 0 Å². The van der Waals surface area contributed by atoms with Gasteiger partial charge in [0.25, 0.3) is 0 Å². The quantitative estimate of drug-likeness (QED) is 0.662. The largest absolute Gasteiger partial charge is 0.357 e. The first-order valence-corrected chi connectivity index (χ1v) is 5.63. The smallest absolute Gasteiger partial charge is 0.185 e. The highest BCUT2D eigenvalue weighted by Crippen LogP contribution is 2.17. The number of hydrogen-bond acceptors (Lipinski definition) is 2. The highest BCUT2D eigenvalue weighted by atomic mass is 35.5. The van der Waals surface area contributed by atoms with Crippen molar-refractivity contribution >= 4 is 17.4 Å². The van der Waals surface area contributed by atoms with Crippen molar-refractivity contribution in [3.63, 3.8) is 0 Å². The van der Waals surface area contributed by atoms with E-state index >= 15 is 0 Å². The fourth-order valence-corrected chi connectivity index (χ4v) is 1.64. The Balaban J connectivity index is 2.19. The molecule has 1 aliphatic carbocycles. The first-order chi connectivity index (χ1) is 8.15. The van der Waals surface area contributed by atoms with E-state index in [1.807, 2.05) is 42.6 Å². The van der Waals surface area contributed by atoms with E-state index in [0.29, 0.717) is 10.6 Å². The van der Waals surface area contributed by atoms with Crippen LogP contribution in [0.1, 0.15) is 0 Å². The number of carbonyl (C=O) groups excluding carboxylic acids is 1. The molecule has 0 fully saturated rings. The molecule has 1 aliphatic heterocycles. The van der Waals surface area contributed by atoms with Gasteiger partial charge in [-0.3, -0.25) is 4.79 Å². The Hall–Kier alpha value is -1.80. The molecule has 0 saturated carbocycles. The Morgan fingerprint density at radius 3 is 2.53 bits per heavy atom. The Kier molecular flexibility index (Phi) is 3.45. The van der Waals surface area contributed by atoms with Gasteiger partial charge < -0.3 is 4.90 Å². The molecule has 3 heteroatoms. The van der Waals surface area contributed by atoms with Crippen molar-refractivity contribution in [3.8, 4) is 0 Å². The maximum Gasteiger partial charge on any atom is 0.185 e. The van der Waals surface area contributed by atoms with Crippen LogP contribution >= 0.6 is 11.6 Å². The van der Waals surface area contributed by atoms with Crippen molar-refractivity contribution in [1.29, 1.82) is 0 Å². The van der Waals surface area contributed by atoms with Gasteiger partial charge in [-0.05, 0) is 36.0 Å². The molecule has 0 aromatic carbocycles. The van der Waals surface area contributed by atoms with Crippen molar-refractivity contribution in [3.05, 3.63) is 71.1 Å². The molecule has 0 N–H and O–H groups in total. The van der Waals surface area contributed by atoms with Gasteiger partial charge in [-0.2, -0.15) is 0 Å². The van der Waals surface area contributed by atoms with Gasteiger partial charge in [-0.1, -0.05) is 23.8 Å². The Morgan fingerprint density at radius 1 is 1.12 bits per heavy atom. The van der Waals surface area contributed by atoms with Gasteiger partial charge in [-0.25, -0.2) is 0 Å². The highest BCUT2D eigenvalue weighted by Gasteiger charge is 2.07. The lowest BCUT2D eigenvalue weighted by Crippen LogP contribution is -2.03. The number of allylic oxidation sites excluding steroid dienone is 10. The maximum atomic E-state index is 11.5. The molecule has 1 heterocycles. The molecule has 2 rings (SSSR count). The van der Waals surface area contributed by atoms with Crippen LogP contribution in [0.2, 0.25) is 0 Å².